The number of hydrogen-bond acceptors (Lipinski definition) is 5. The first-order valence-corrected chi connectivity index (χ1v) is 9.00. The molecule has 0 saturated heterocycles. The van der Waals surface area contributed by atoms with Crippen LogP contribution in [0.4, 0.5) is 0 Å². The summed E-state index contributed by atoms with van der Waals surface area (Å²) in [7, 11) is 1.53. The number of hydrogen-bond donors (Lipinski definition) is 1. The lowest BCUT2D eigenvalue weighted by atomic mass is 10.1. The molecular formula is C20H17N3O2S. The zero-order chi connectivity index (χ0) is 17.9. The van der Waals surface area contributed by atoms with Gasteiger partial charge in [0.05, 0.1) is 29.7 Å². The van der Waals surface area contributed by atoms with Crippen LogP contribution in [0.1, 0.15) is 4.88 Å². The number of nitrogens with zero attached hydrogens (tertiary/aromatic N) is 3. The Morgan fingerprint density at radius 3 is 2.69 bits per heavy atom. The first-order valence-electron chi connectivity index (χ1n) is 8.12. The summed E-state index contributed by atoms with van der Waals surface area (Å²) in [5.74, 6) is 1.33. The molecule has 6 heteroatoms. The first-order chi connectivity index (χ1) is 12.8. The number of methoxy groups -OCH3 is 1. The van der Waals surface area contributed by atoms with Crippen molar-refractivity contribution >= 4 is 11.3 Å². The molecule has 130 valence electrons. The van der Waals surface area contributed by atoms with Gasteiger partial charge < -0.3 is 14.4 Å². The molecule has 0 atom stereocenters. The average molecular weight is 363 g/mol. The zero-order valence-corrected chi connectivity index (χ0v) is 15.0. The van der Waals surface area contributed by atoms with E-state index in [1.54, 1.807) is 29.7 Å². The molecule has 0 aliphatic rings. The minimum absolute atomic E-state index is 0.0994. The van der Waals surface area contributed by atoms with Crippen molar-refractivity contribution in [3.63, 3.8) is 0 Å². The lowest BCUT2D eigenvalue weighted by Gasteiger charge is -2.10. The van der Waals surface area contributed by atoms with Crippen molar-refractivity contribution in [3.05, 3.63) is 71.3 Å². The number of aromatic hydroxyl groups is 1. The SMILES string of the molecule is COc1ccc(-c2nccn2Cc2scnc2-c2ccccc2)cc1O. The summed E-state index contributed by atoms with van der Waals surface area (Å²) in [4.78, 5) is 10.2. The fourth-order valence-electron chi connectivity index (χ4n) is 2.90. The van der Waals surface area contributed by atoms with Crippen LogP contribution in [0.5, 0.6) is 11.5 Å². The maximum Gasteiger partial charge on any atom is 0.160 e. The normalized spacial score (nSPS) is 10.8. The second kappa shape index (κ2) is 7.01. The zero-order valence-electron chi connectivity index (χ0n) is 14.2. The van der Waals surface area contributed by atoms with Crippen molar-refractivity contribution < 1.29 is 9.84 Å². The number of thiazole rings is 1. The highest BCUT2D eigenvalue weighted by Crippen LogP contribution is 2.32. The van der Waals surface area contributed by atoms with Crippen LogP contribution in [-0.2, 0) is 6.54 Å². The van der Waals surface area contributed by atoms with Crippen LogP contribution < -0.4 is 4.74 Å². The van der Waals surface area contributed by atoms with Crippen molar-refractivity contribution in [3.8, 4) is 34.1 Å². The molecule has 5 nitrogen and oxygen atoms in total. The molecule has 0 aliphatic carbocycles. The summed E-state index contributed by atoms with van der Waals surface area (Å²) in [6.07, 6.45) is 3.70. The van der Waals surface area contributed by atoms with Gasteiger partial charge in [0.1, 0.15) is 5.82 Å². The summed E-state index contributed by atoms with van der Waals surface area (Å²) in [6.45, 7) is 0.664. The molecule has 2 heterocycles. The Kier molecular flexibility index (Phi) is 4.41. The standard InChI is InChI=1S/C20H17N3O2S/c1-25-17-8-7-15(11-16(17)24)20-21-9-10-23(20)12-18-19(22-13-26-18)14-5-3-2-4-6-14/h2-11,13,24H,12H2,1H3. The van der Waals surface area contributed by atoms with Gasteiger partial charge in [0.15, 0.2) is 11.5 Å². The number of imidazole rings is 1. The van der Waals surface area contributed by atoms with Gasteiger partial charge in [0.2, 0.25) is 0 Å². The summed E-state index contributed by atoms with van der Waals surface area (Å²) in [5.41, 5.74) is 4.80. The highest BCUT2D eigenvalue weighted by molar-refractivity contribution is 7.10. The summed E-state index contributed by atoms with van der Waals surface area (Å²) in [6, 6.07) is 15.5. The topological polar surface area (TPSA) is 60.2 Å². The molecule has 0 radical (unpaired) electrons. The quantitative estimate of drug-likeness (QED) is 0.570. The monoisotopic (exact) mass is 363 g/mol. The van der Waals surface area contributed by atoms with Gasteiger partial charge in [-0.05, 0) is 18.2 Å². The molecule has 0 amide bonds. The predicted molar refractivity (Wildman–Crippen MR) is 103 cm³/mol. The van der Waals surface area contributed by atoms with Gasteiger partial charge >= 0.3 is 0 Å². The Bertz CT molecular complexity index is 1020. The molecule has 2 aromatic carbocycles. The fourth-order valence-corrected chi connectivity index (χ4v) is 3.68. The van der Waals surface area contributed by atoms with Crippen LogP contribution >= 0.6 is 11.3 Å². The number of phenolic OH excluding ortho intramolecular Hbond substituents is 1. The second-order valence-corrected chi connectivity index (χ2v) is 6.69. The maximum atomic E-state index is 10.1. The van der Waals surface area contributed by atoms with E-state index in [-0.39, 0.29) is 5.75 Å². The van der Waals surface area contributed by atoms with Crippen molar-refractivity contribution in [2.45, 2.75) is 6.54 Å². The molecular weight excluding hydrogens is 346 g/mol. The van der Waals surface area contributed by atoms with Crippen molar-refractivity contribution in [2.24, 2.45) is 0 Å². The van der Waals surface area contributed by atoms with Crippen LogP contribution in [0, 0.1) is 0 Å². The van der Waals surface area contributed by atoms with Gasteiger partial charge in [-0.1, -0.05) is 30.3 Å². The van der Waals surface area contributed by atoms with E-state index in [1.165, 1.54) is 7.11 Å². The third-order valence-corrected chi connectivity index (χ3v) is 4.97. The Morgan fingerprint density at radius 1 is 1.08 bits per heavy atom. The summed E-state index contributed by atoms with van der Waals surface area (Å²) >= 11 is 1.63. The van der Waals surface area contributed by atoms with Gasteiger partial charge in [0.25, 0.3) is 0 Å². The smallest absolute Gasteiger partial charge is 0.160 e. The van der Waals surface area contributed by atoms with Crippen molar-refractivity contribution in [1.29, 1.82) is 0 Å². The molecule has 0 unspecified atom stereocenters. The van der Waals surface area contributed by atoms with Gasteiger partial charge in [-0.25, -0.2) is 9.97 Å². The van der Waals surface area contributed by atoms with E-state index in [2.05, 4.69) is 26.7 Å². The van der Waals surface area contributed by atoms with E-state index >= 15 is 0 Å². The Morgan fingerprint density at radius 2 is 1.92 bits per heavy atom. The maximum absolute atomic E-state index is 10.1. The minimum Gasteiger partial charge on any atom is -0.504 e. The molecule has 0 aliphatic heterocycles. The van der Waals surface area contributed by atoms with Crippen LogP contribution in [0.15, 0.2) is 66.4 Å². The highest BCUT2D eigenvalue weighted by Gasteiger charge is 2.13. The number of benzene rings is 2. The third-order valence-electron chi connectivity index (χ3n) is 4.15. The van der Waals surface area contributed by atoms with E-state index in [0.29, 0.717) is 12.3 Å². The predicted octanol–water partition coefficient (Wildman–Crippen LogP) is 4.44. The second-order valence-electron chi connectivity index (χ2n) is 5.76. The minimum atomic E-state index is 0.0994. The fraction of sp³-hybridized carbons (Fsp3) is 0.100. The lowest BCUT2D eigenvalue weighted by molar-refractivity contribution is 0.373. The summed E-state index contributed by atoms with van der Waals surface area (Å²) in [5, 5.41) is 10.1. The largest absolute Gasteiger partial charge is 0.504 e. The molecule has 0 bridgehead atoms. The molecule has 4 aromatic rings. The number of ether oxygens (including phenoxy) is 1. The number of aromatic nitrogens is 3. The Hall–Kier alpha value is -3.12. The van der Waals surface area contributed by atoms with E-state index in [0.717, 1.165) is 27.5 Å². The van der Waals surface area contributed by atoms with Gasteiger partial charge in [-0.2, -0.15) is 0 Å². The summed E-state index contributed by atoms with van der Waals surface area (Å²) < 4.78 is 7.17. The molecule has 0 spiro atoms. The van der Waals surface area contributed by atoms with Crippen molar-refractivity contribution in [1.82, 2.24) is 14.5 Å². The van der Waals surface area contributed by atoms with Crippen LogP contribution in [0.3, 0.4) is 0 Å². The molecule has 26 heavy (non-hydrogen) atoms. The van der Waals surface area contributed by atoms with Gasteiger partial charge in [0, 0.05) is 23.5 Å². The van der Waals surface area contributed by atoms with E-state index in [1.807, 2.05) is 36.0 Å². The average Bonchev–Trinajstić information content (AvgIpc) is 3.32. The van der Waals surface area contributed by atoms with E-state index < -0.39 is 0 Å². The molecule has 0 fully saturated rings. The third kappa shape index (κ3) is 3.07. The lowest BCUT2D eigenvalue weighted by Crippen LogP contribution is -2.01. The number of phenols is 1. The number of rotatable bonds is 5. The van der Waals surface area contributed by atoms with Gasteiger partial charge in [-0.3, -0.25) is 0 Å². The van der Waals surface area contributed by atoms with E-state index in [4.69, 9.17) is 4.74 Å². The Balaban J connectivity index is 1.67. The molecule has 2 aromatic heterocycles. The first kappa shape index (κ1) is 16.4. The van der Waals surface area contributed by atoms with Crippen LogP contribution in [0.2, 0.25) is 0 Å². The van der Waals surface area contributed by atoms with Crippen LogP contribution in [0.25, 0.3) is 22.6 Å². The van der Waals surface area contributed by atoms with Gasteiger partial charge in [-0.15, -0.1) is 11.3 Å². The molecule has 1 N–H and O–H groups in total. The Labute approximate surface area is 155 Å². The van der Waals surface area contributed by atoms with Crippen LogP contribution in [-0.4, -0.2) is 26.8 Å². The molecule has 0 saturated carbocycles. The highest BCUT2D eigenvalue weighted by atomic mass is 32.1. The van der Waals surface area contributed by atoms with Crippen molar-refractivity contribution in [2.75, 3.05) is 7.11 Å². The van der Waals surface area contributed by atoms with E-state index in [9.17, 15) is 5.11 Å². The molecule has 4 rings (SSSR count).